The summed E-state index contributed by atoms with van der Waals surface area (Å²) in [6, 6.07) is 6.14. The largest absolute Gasteiger partial charge is 0.454 e. The molecule has 1 aliphatic heterocycles. The van der Waals surface area contributed by atoms with E-state index in [1.807, 2.05) is 6.07 Å². The van der Waals surface area contributed by atoms with Gasteiger partial charge in [-0.3, -0.25) is 0 Å². The van der Waals surface area contributed by atoms with Crippen LogP contribution in [0, 0.1) is 5.41 Å². The third-order valence-corrected chi connectivity index (χ3v) is 4.06. The molecule has 1 fully saturated rings. The molecule has 0 unspecified atom stereocenters. The molecule has 19 heavy (non-hydrogen) atoms. The highest BCUT2D eigenvalue weighted by molar-refractivity contribution is 5.44. The minimum atomic E-state index is 0.340. The Labute approximate surface area is 114 Å². The molecule has 1 aromatic carbocycles. The topological polar surface area (TPSA) is 39.7 Å². The van der Waals surface area contributed by atoms with Gasteiger partial charge in [-0.25, -0.2) is 0 Å². The van der Waals surface area contributed by atoms with Crippen molar-refractivity contribution in [2.75, 3.05) is 27.1 Å². The average Bonchev–Trinajstić information content (AvgIpc) is 3.03. The van der Waals surface area contributed by atoms with Crippen LogP contribution in [-0.2, 0) is 11.3 Å². The first-order valence-electron chi connectivity index (χ1n) is 6.90. The number of nitrogens with one attached hydrogen (secondary N) is 1. The van der Waals surface area contributed by atoms with Gasteiger partial charge in [0.15, 0.2) is 11.5 Å². The summed E-state index contributed by atoms with van der Waals surface area (Å²) in [5.41, 5.74) is 1.73. The van der Waals surface area contributed by atoms with Gasteiger partial charge in [-0.1, -0.05) is 6.07 Å². The smallest absolute Gasteiger partial charge is 0.231 e. The van der Waals surface area contributed by atoms with Crippen molar-refractivity contribution < 1.29 is 14.2 Å². The first kappa shape index (κ1) is 12.8. The SMILES string of the molecule is COCCC1(CNCc2ccc3c(c2)OCO3)CC1. The average molecular weight is 263 g/mol. The maximum atomic E-state index is 5.39. The fourth-order valence-electron chi connectivity index (χ4n) is 2.53. The van der Waals surface area contributed by atoms with Gasteiger partial charge in [0.2, 0.25) is 6.79 Å². The number of rotatable bonds is 7. The Morgan fingerprint density at radius 1 is 1.26 bits per heavy atom. The Kier molecular flexibility index (Phi) is 3.62. The van der Waals surface area contributed by atoms with Crippen LogP contribution < -0.4 is 14.8 Å². The standard InChI is InChI=1S/C15H21NO3/c1-17-7-6-15(4-5-15)10-16-9-12-2-3-13-14(8-12)19-11-18-13/h2-3,8,16H,4-7,9-11H2,1H3. The van der Waals surface area contributed by atoms with Crippen molar-refractivity contribution in [2.24, 2.45) is 5.41 Å². The summed E-state index contributed by atoms with van der Waals surface area (Å²) in [6.07, 6.45) is 3.81. The predicted octanol–water partition coefficient (Wildman–Crippen LogP) is 2.32. The Morgan fingerprint density at radius 2 is 2.11 bits per heavy atom. The highest BCUT2D eigenvalue weighted by atomic mass is 16.7. The molecule has 0 atom stereocenters. The van der Waals surface area contributed by atoms with Gasteiger partial charge in [0, 0.05) is 26.8 Å². The van der Waals surface area contributed by atoms with Crippen molar-refractivity contribution in [1.82, 2.24) is 5.32 Å². The fraction of sp³-hybridized carbons (Fsp3) is 0.600. The quantitative estimate of drug-likeness (QED) is 0.819. The summed E-state index contributed by atoms with van der Waals surface area (Å²) in [4.78, 5) is 0. The van der Waals surface area contributed by atoms with Gasteiger partial charge in [0.05, 0.1) is 0 Å². The van der Waals surface area contributed by atoms with Crippen LogP contribution in [0.3, 0.4) is 0 Å². The zero-order valence-corrected chi connectivity index (χ0v) is 11.4. The second-order valence-corrected chi connectivity index (χ2v) is 5.53. The zero-order valence-electron chi connectivity index (χ0n) is 11.4. The molecular formula is C15H21NO3. The lowest BCUT2D eigenvalue weighted by atomic mass is 10.0. The molecule has 0 radical (unpaired) electrons. The number of ether oxygens (including phenoxy) is 3. The van der Waals surface area contributed by atoms with Gasteiger partial charge in [0.1, 0.15) is 0 Å². The minimum absolute atomic E-state index is 0.340. The number of methoxy groups -OCH3 is 1. The molecular weight excluding hydrogens is 242 g/mol. The molecule has 4 nitrogen and oxygen atoms in total. The summed E-state index contributed by atoms with van der Waals surface area (Å²) in [5, 5.41) is 3.55. The van der Waals surface area contributed by atoms with E-state index in [-0.39, 0.29) is 0 Å². The molecule has 0 bridgehead atoms. The van der Waals surface area contributed by atoms with E-state index in [9.17, 15) is 0 Å². The van der Waals surface area contributed by atoms with Crippen LogP contribution in [0.5, 0.6) is 11.5 Å². The van der Waals surface area contributed by atoms with Crippen LogP contribution in [0.15, 0.2) is 18.2 Å². The van der Waals surface area contributed by atoms with Crippen LogP contribution in [-0.4, -0.2) is 27.1 Å². The van der Waals surface area contributed by atoms with Crippen molar-refractivity contribution in [1.29, 1.82) is 0 Å². The Hall–Kier alpha value is -1.26. The van der Waals surface area contributed by atoms with E-state index in [2.05, 4.69) is 17.4 Å². The Balaban J connectivity index is 1.47. The Morgan fingerprint density at radius 3 is 2.89 bits per heavy atom. The molecule has 0 aromatic heterocycles. The molecule has 0 saturated heterocycles. The van der Waals surface area contributed by atoms with E-state index in [0.717, 1.165) is 37.6 Å². The molecule has 104 valence electrons. The number of hydrogen-bond acceptors (Lipinski definition) is 4. The van der Waals surface area contributed by atoms with Crippen LogP contribution >= 0.6 is 0 Å². The summed E-state index contributed by atoms with van der Waals surface area (Å²) in [7, 11) is 1.77. The van der Waals surface area contributed by atoms with Crippen LogP contribution in [0.4, 0.5) is 0 Å². The minimum Gasteiger partial charge on any atom is -0.454 e. The second-order valence-electron chi connectivity index (χ2n) is 5.53. The van der Waals surface area contributed by atoms with Gasteiger partial charge in [-0.2, -0.15) is 0 Å². The molecule has 2 aliphatic rings. The third-order valence-electron chi connectivity index (χ3n) is 4.06. The lowest BCUT2D eigenvalue weighted by Crippen LogP contribution is -2.24. The summed E-state index contributed by atoms with van der Waals surface area (Å²) in [6.45, 7) is 3.16. The Bertz CT molecular complexity index is 443. The number of hydrogen-bond donors (Lipinski definition) is 1. The van der Waals surface area contributed by atoms with Crippen molar-refractivity contribution in [3.8, 4) is 11.5 Å². The highest BCUT2D eigenvalue weighted by Gasteiger charge is 2.41. The van der Waals surface area contributed by atoms with Gasteiger partial charge in [-0.15, -0.1) is 0 Å². The predicted molar refractivity (Wildman–Crippen MR) is 72.4 cm³/mol. The lowest BCUT2D eigenvalue weighted by molar-refractivity contribution is 0.171. The number of fused-ring (bicyclic) bond motifs is 1. The fourth-order valence-corrected chi connectivity index (χ4v) is 2.53. The normalized spacial score (nSPS) is 18.6. The van der Waals surface area contributed by atoms with Crippen molar-refractivity contribution in [3.05, 3.63) is 23.8 Å². The molecule has 3 rings (SSSR count). The van der Waals surface area contributed by atoms with Gasteiger partial charge >= 0.3 is 0 Å². The van der Waals surface area contributed by atoms with Crippen molar-refractivity contribution >= 4 is 0 Å². The molecule has 1 heterocycles. The van der Waals surface area contributed by atoms with Crippen molar-refractivity contribution in [3.63, 3.8) is 0 Å². The van der Waals surface area contributed by atoms with Gasteiger partial charge in [0.25, 0.3) is 0 Å². The molecule has 1 saturated carbocycles. The van der Waals surface area contributed by atoms with E-state index in [1.165, 1.54) is 18.4 Å². The molecule has 4 heteroatoms. The number of benzene rings is 1. The maximum Gasteiger partial charge on any atom is 0.231 e. The van der Waals surface area contributed by atoms with Gasteiger partial charge in [-0.05, 0) is 42.4 Å². The van der Waals surface area contributed by atoms with E-state index >= 15 is 0 Å². The van der Waals surface area contributed by atoms with Crippen LogP contribution in [0.2, 0.25) is 0 Å². The van der Waals surface area contributed by atoms with E-state index in [1.54, 1.807) is 7.11 Å². The van der Waals surface area contributed by atoms with Gasteiger partial charge < -0.3 is 19.5 Å². The van der Waals surface area contributed by atoms with E-state index in [4.69, 9.17) is 14.2 Å². The first-order chi connectivity index (χ1) is 9.31. The summed E-state index contributed by atoms with van der Waals surface area (Å²) in [5.74, 6) is 1.71. The molecule has 1 aliphatic carbocycles. The second kappa shape index (κ2) is 5.39. The molecule has 0 spiro atoms. The van der Waals surface area contributed by atoms with Crippen LogP contribution in [0.25, 0.3) is 0 Å². The first-order valence-corrected chi connectivity index (χ1v) is 6.90. The summed E-state index contributed by atoms with van der Waals surface area (Å²) < 4.78 is 15.9. The molecule has 1 aromatic rings. The zero-order chi connectivity index (χ0) is 13.1. The van der Waals surface area contributed by atoms with E-state index in [0.29, 0.717) is 12.2 Å². The monoisotopic (exact) mass is 263 g/mol. The van der Waals surface area contributed by atoms with Crippen molar-refractivity contribution in [2.45, 2.75) is 25.8 Å². The lowest BCUT2D eigenvalue weighted by Gasteiger charge is -2.15. The summed E-state index contributed by atoms with van der Waals surface area (Å²) >= 11 is 0. The van der Waals surface area contributed by atoms with Crippen LogP contribution in [0.1, 0.15) is 24.8 Å². The maximum absolute atomic E-state index is 5.39. The third kappa shape index (κ3) is 3.01. The molecule has 1 N–H and O–H groups in total. The molecule has 0 amide bonds. The van der Waals surface area contributed by atoms with E-state index < -0.39 is 0 Å². The highest BCUT2D eigenvalue weighted by Crippen LogP contribution is 2.48.